The third kappa shape index (κ3) is 2.51. The van der Waals surface area contributed by atoms with Gasteiger partial charge in [-0.3, -0.25) is 9.59 Å². The van der Waals surface area contributed by atoms with Gasteiger partial charge in [-0.1, -0.05) is 18.2 Å². The third-order valence-corrected chi connectivity index (χ3v) is 5.83. The molecule has 3 N–H and O–H groups in total. The lowest BCUT2D eigenvalue weighted by molar-refractivity contribution is -0.730. The summed E-state index contributed by atoms with van der Waals surface area (Å²) in [7, 11) is 1.28. The van der Waals surface area contributed by atoms with Crippen LogP contribution in [0.1, 0.15) is 18.5 Å². The quantitative estimate of drug-likeness (QED) is 0.604. The van der Waals surface area contributed by atoms with E-state index in [9.17, 15) is 19.5 Å². The number of aromatic hydroxyl groups is 1. The molecule has 0 spiro atoms. The Balaban J connectivity index is 1.82. The number of nitrogens with two attached hydrogens (primary N) is 1. The molecule has 0 aliphatic carbocycles. The summed E-state index contributed by atoms with van der Waals surface area (Å²) < 4.78 is 4.98. The SMILES string of the molecule is COC(=O)[C@@]1(C)[NH2+][C@@H](c2ccc(O)cc2)[C@H]2C(=O)N(c3ccccc3)C(=O)[C@@H]21. The topological polar surface area (TPSA) is 101 Å². The summed E-state index contributed by atoms with van der Waals surface area (Å²) in [5.41, 5.74) is 0.0261. The fourth-order valence-corrected chi connectivity index (χ4v) is 4.51. The Morgan fingerprint density at radius 3 is 2.32 bits per heavy atom. The first kappa shape index (κ1) is 18.2. The molecule has 2 aromatic carbocycles. The number of phenols is 1. The predicted octanol–water partition coefficient (Wildman–Crippen LogP) is 0.748. The monoisotopic (exact) mass is 381 g/mol. The molecule has 0 aromatic heterocycles. The smallest absolute Gasteiger partial charge is 0.368 e. The van der Waals surface area contributed by atoms with Gasteiger partial charge < -0.3 is 15.2 Å². The van der Waals surface area contributed by atoms with Crippen molar-refractivity contribution in [3.63, 3.8) is 0 Å². The number of hydrogen-bond acceptors (Lipinski definition) is 5. The standard InChI is InChI=1S/C21H20N2O5/c1-21(20(27)28-2)16-15(17(22-21)12-8-10-14(24)11-9-12)18(25)23(19(16)26)13-6-4-3-5-7-13/h3-11,15-17,22,24H,1-2H3/p+1/t15-,16+,17-,21-/m0/s1. The second-order valence-electron chi connectivity index (χ2n) is 7.41. The lowest BCUT2D eigenvalue weighted by atomic mass is 9.80. The number of ether oxygens (including phenoxy) is 1. The molecular formula is C21H21N2O5+. The van der Waals surface area contributed by atoms with Gasteiger partial charge in [-0.2, -0.15) is 0 Å². The second-order valence-corrected chi connectivity index (χ2v) is 7.41. The normalized spacial score (nSPS) is 29.1. The number of para-hydroxylation sites is 1. The largest absolute Gasteiger partial charge is 0.508 e. The summed E-state index contributed by atoms with van der Waals surface area (Å²) in [6.45, 7) is 1.65. The first-order valence-corrected chi connectivity index (χ1v) is 9.04. The first-order valence-electron chi connectivity index (χ1n) is 9.04. The molecule has 2 aromatic rings. The highest BCUT2D eigenvalue weighted by Crippen LogP contribution is 2.45. The number of imide groups is 1. The van der Waals surface area contributed by atoms with Crippen LogP contribution < -0.4 is 10.2 Å². The maximum Gasteiger partial charge on any atom is 0.368 e. The maximum atomic E-state index is 13.3. The van der Waals surface area contributed by atoms with Crippen LogP contribution in [0.4, 0.5) is 5.69 Å². The zero-order valence-electron chi connectivity index (χ0n) is 15.5. The molecule has 2 amide bonds. The highest BCUT2D eigenvalue weighted by molar-refractivity contribution is 6.23. The van der Waals surface area contributed by atoms with Crippen LogP contribution in [0.25, 0.3) is 0 Å². The number of amides is 2. The Bertz CT molecular complexity index is 943. The van der Waals surface area contributed by atoms with Crippen molar-refractivity contribution in [3.05, 3.63) is 60.2 Å². The summed E-state index contributed by atoms with van der Waals surface area (Å²) in [4.78, 5) is 40.4. The van der Waals surface area contributed by atoms with E-state index in [0.29, 0.717) is 5.69 Å². The van der Waals surface area contributed by atoms with Gasteiger partial charge >= 0.3 is 5.97 Å². The predicted molar refractivity (Wildman–Crippen MR) is 99.1 cm³/mol. The summed E-state index contributed by atoms with van der Waals surface area (Å²) in [5.74, 6) is -2.71. The Morgan fingerprint density at radius 1 is 1.07 bits per heavy atom. The Labute approximate surface area is 161 Å². The lowest BCUT2D eigenvalue weighted by Gasteiger charge is -2.25. The maximum absolute atomic E-state index is 13.3. The van der Waals surface area contributed by atoms with E-state index in [4.69, 9.17) is 4.74 Å². The van der Waals surface area contributed by atoms with Gasteiger partial charge in [-0.05, 0) is 36.4 Å². The highest BCUT2D eigenvalue weighted by Gasteiger charge is 2.70. The molecule has 4 atom stereocenters. The van der Waals surface area contributed by atoms with E-state index in [1.54, 1.807) is 54.7 Å². The van der Waals surface area contributed by atoms with Gasteiger partial charge in [0.05, 0.1) is 12.8 Å². The van der Waals surface area contributed by atoms with Crippen molar-refractivity contribution in [3.8, 4) is 5.75 Å². The summed E-state index contributed by atoms with van der Waals surface area (Å²) in [6.07, 6.45) is 0. The average Bonchev–Trinajstić information content (AvgIpc) is 3.16. The molecule has 2 aliphatic heterocycles. The van der Waals surface area contributed by atoms with E-state index < -0.39 is 35.3 Å². The van der Waals surface area contributed by atoms with Crippen LogP contribution in [-0.2, 0) is 19.1 Å². The van der Waals surface area contributed by atoms with Crippen molar-refractivity contribution in [1.29, 1.82) is 0 Å². The van der Waals surface area contributed by atoms with E-state index in [0.717, 1.165) is 5.56 Å². The number of benzene rings is 2. The van der Waals surface area contributed by atoms with Crippen LogP contribution in [0.15, 0.2) is 54.6 Å². The average molecular weight is 381 g/mol. The molecule has 4 rings (SSSR count). The van der Waals surface area contributed by atoms with E-state index in [-0.39, 0.29) is 11.7 Å². The van der Waals surface area contributed by atoms with Gasteiger partial charge in [-0.25, -0.2) is 9.69 Å². The number of carbonyl (C=O) groups is 3. The molecule has 2 aliphatic rings. The number of quaternary nitrogens is 1. The van der Waals surface area contributed by atoms with E-state index >= 15 is 0 Å². The minimum Gasteiger partial charge on any atom is -0.508 e. The van der Waals surface area contributed by atoms with Crippen molar-refractivity contribution in [1.82, 2.24) is 0 Å². The Kier molecular flexibility index (Phi) is 4.19. The zero-order chi connectivity index (χ0) is 20.1. The molecule has 2 heterocycles. The van der Waals surface area contributed by atoms with Crippen LogP contribution in [0, 0.1) is 11.8 Å². The number of anilines is 1. The first-order chi connectivity index (χ1) is 13.4. The minimum atomic E-state index is -1.22. The lowest BCUT2D eigenvalue weighted by Crippen LogP contribution is -2.97. The van der Waals surface area contributed by atoms with Gasteiger partial charge in [0.1, 0.15) is 23.6 Å². The molecule has 144 valence electrons. The molecule has 28 heavy (non-hydrogen) atoms. The number of rotatable bonds is 3. The van der Waals surface area contributed by atoms with Gasteiger partial charge in [0.2, 0.25) is 17.4 Å². The zero-order valence-corrected chi connectivity index (χ0v) is 15.5. The number of esters is 1. The van der Waals surface area contributed by atoms with E-state index in [2.05, 4.69) is 0 Å². The van der Waals surface area contributed by atoms with E-state index in [1.165, 1.54) is 24.1 Å². The molecular weight excluding hydrogens is 360 g/mol. The molecule has 2 fully saturated rings. The molecule has 7 heteroatoms. The van der Waals surface area contributed by atoms with Crippen molar-refractivity contribution >= 4 is 23.5 Å². The molecule has 0 radical (unpaired) electrons. The van der Waals surface area contributed by atoms with Crippen LogP contribution in [0.2, 0.25) is 0 Å². The van der Waals surface area contributed by atoms with Crippen LogP contribution in [0.5, 0.6) is 5.75 Å². The van der Waals surface area contributed by atoms with E-state index in [1.807, 2.05) is 0 Å². The number of phenolic OH excluding ortho intramolecular Hbond substituents is 1. The summed E-state index contributed by atoms with van der Waals surface area (Å²) in [6, 6.07) is 14.8. The fraction of sp³-hybridized carbons (Fsp3) is 0.286. The molecule has 0 unspecified atom stereocenters. The Morgan fingerprint density at radius 2 is 1.71 bits per heavy atom. The number of nitrogens with zero attached hydrogens (tertiary/aromatic N) is 1. The number of hydrogen-bond donors (Lipinski definition) is 2. The number of fused-ring (bicyclic) bond motifs is 1. The highest BCUT2D eigenvalue weighted by atomic mass is 16.5. The van der Waals surface area contributed by atoms with Crippen LogP contribution in [-0.4, -0.2) is 35.5 Å². The van der Waals surface area contributed by atoms with Crippen molar-refractivity contribution in [2.45, 2.75) is 18.5 Å². The van der Waals surface area contributed by atoms with Crippen molar-refractivity contribution in [2.24, 2.45) is 11.8 Å². The molecule has 7 nitrogen and oxygen atoms in total. The third-order valence-electron chi connectivity index (χ3n) is 5.83. The van der Waals surface area contributed by atoms with Gasteiger partial charge in [-0.15, -0.1) is 0 Å². The molecule has 0 bridgehead atoms. The summed E-state index contributed by atoms with van der Waals surface area (Å²) >= 11 is 0. The summed E-state index contributed by atoms with van der Waals surface area (Å²) in [5, 5.41) is 11.3. The second kappa shape index (κ2) is 6.45. The Hall–Kier alpha value is -3.19. The van der Waals surface area contributed by atoms with Crippen molar-refractivity contribution < 1.29 is 29.5 Å². The van der Waals surface area contributed by atoms with Gasteiger partial charge in [0.15, 0.2) is 0 Å². The minimum absolute atomic E-state index is 0.105. The van der Waals surface area contributed by atoms with Gasteiger partial charge in [0.25, 0.3) is 0 Å². The number of carbonyl (C=O) groups excluding carboxylic acids is 3. The van der Waals surface area contributed by atoms with Crippen LogP contribution >= 0.6 is 0 Å². The molecule has 2 saturated heterocycles. The number of methoxy groups -OCH3 is 1. The van der Waals surface area contributed by atoms with Crippen LogP contribution in [0.3, 0.4) is 0 Å². The van der Waals surface area contributed by atoms with Crippen molar-refractivity contribution in [2.75, 3.05) is 12.0 Å². The van der Waals surface area contributed by atoms with Gasteiger partial charge in [0, 0.05) is 12.5 Å². The fourth-order valence-electron chi connectivity index (χ4n) is 4.51. The molecule has 0 saturated carbocycles.